The zero-order valence-corrected chi connectivity index (χ0v) is 14.4. The molecule has 1 N–H and O–H groups in total. The van der Waals surface area contributed by atoms with E-state index < -0.39 is 6.04 Å². The minimum atomic E-state index is -0.518. The third-order valence-corrected chi connectivity index (χ3v) is 3.19. The summed E-state index contributed by atoms with van der Waals surface area (Å²) in [6.07, 6.45) is 6.52. The molecule has 1 atom stereocenters. The van der Waals surface area contributed by atoms with Crippen molar-refractivity contribution in [3.8, 4) is 0 Å². The van der Waals surface area contributed by atoms with E-state index in [2.05, 4.69) is 12.2 Å². The Labute approximate surface area is 130 Å². The molecule has 0 spiro atoms. The molecular weight excluding hydrogens is 266 g/mol. The summed E-state index contributed by atoms with van der Waals surface area (Å²) >= 11 is 0. The SMILES string of the molecule is CCCCCCCC(=O)N[C@@H](CC(C)C)C(=O)OC(C)C. The molecule has 0 aromatic heterocycles. The highest BCUT2D eigenvalue weighted by Crippen LogP contribution is 2.09. The minimum Gasteiger partial charge on any atom is -0.461 e. The first-order valence-electron chi connectivity index (χ1n) is 8.36. The summed E-state index contributed by atoms with van der Waals surface area (Å²) in [5.74, 6) is -0.0320. The van der Waals surface area contributed by atoms with Crippen LogP contribution in [-0.2, 0) is 14.3 Å². The summed E-state index contributed by atoms with van der Waals surface area (Å²) in [4.78, 5) is 23.9. The minimum absolute atomic E-state index is 0.0437. The highest BCUT2D eigenvalue weighted by atomic mass is 16.5. The molecule has 4 nitrogen and oxygen atoms in total. The van der Waals surface area contributed by atoms with E-state index in [4.69, 9.17) is 4.74 Å². The lowest BCUT2D eigenvalue weighted by molar-refractivity contribution is -0.152. The molecule has 21 heavy (non-hydrogen) atoms. The molecule has 0 saturated heterocycles. The molecule has 0 radical (unpaired) electrons. The van der Waals surface area contributed by atoms with Crippen LogP contribution in [0.3, 0.4) is 0 Å². The highest BCUT2D eigenvalue weighted by Gasteiger charge is 2.23. The van der Waals surface area contributed by atoms with Crippen LogP contribution in [-0.4, -0.2) is 24.0 Å². The van der Waals surface area contributed by atoms with E-state index in [0.717, 1.165) is 12.8 Å². The van der Waals surface area contributed by atoms with Crippen LogP contribution in [0.1, 0.15) is 79.6 Å². The number of carbonyl (C=O) groups is 2. The summed E-state index contributed by atoms with van der Waals surface area (Å²) in [5.41, 5.74) is 0. The fraction of sp³-hybridized carbons (Fsp3) is 0.882. The Morgan fingerprint density at radius 1 is 1.00 bits per heavy atom. The van der Waals surface area contributed by atoms with E-state index in [1.165, 1.54) is 19.3 Å². The van der Waals surface area contributed by atoms with Gasteiger partial charge in [0.25, 0.3) is 0 Å². The van der Waals surface area contributed by atoms with Gasteiger partial charge < -0.3 is 10.1 Å². The molecule has 0 aromatic rings. The van der Waals surface area contributed by atoms with E-state index in [0.29, 0.717) is 18.8 Å². The molecule has 0 heterocycles. The van der Waals surface area contributed by atoms with Crippen LogP contribution in [0.25, 0.3) is 0 Å². The summed E-state index contributed by atoms with van der Waals surface area (Å²) < 4.78 is 5.22. The Balaban J connectivity index is 4.19. The molecule has 0 aliphatic heterocycles. The van der Waals surface area contributed by atoms with Crippen LogP contribution in [0.4, 0.5) is 0 Å². The summed E-state index contributed by atoms with van der Waals surface area (Å²) in [7, 11) is 0. The number of nitrogens with one attached hydrogen (secondary N) is 1. The Morgan fingerprint density at radius 2 is 1.62 bits per heavy atom. The normalized spacial score (nSPS) is 12.5. The fourth-order valence-corrected chi connectivity index (χ4v) is 2.16. The number of esters is 1. The average molecular weight is 299 g/mol. The van der Waals surface area contributed by atoms with Gasteiger partial charge >= 0.3 is 5.97 Å². The van der Waals surface area contributed by atoms with E-state index in [1.54, 1.807) is 0 Å². The molecule has 0 rings (SSSR count). The third-order valence-electron chi connectivity index (χ3n) is 3.19. The predicted octanol–water partition coefficient (Wildman–Crippen LogP) is 3.83. The number of hydrogen-bond acceptors (Lipinski definition) is 3. The van der Waals surface area contributed by atoms with Gasteiger partial charge in [-0.05, 0) is 32.6 Å². The van der Waals surface area contributed by atoms with Crippen molar-refractivity contribution in [2.45, 2.75) is 91.7 Å². The van der Waals surface area contributed by atoms with Gasteiger partial charge in [0.15, 0.2) is 0 Å². The standard InChI is InChI=1S/C17H33NO3/c1-6-7-8-9-10-11-16(19)18-15(12-13(2)3)17(20)21-14(4)5/h13-15H,6-12H2,1-5H3,(H,18,19)/t15-/m0/s1. The third kappa shape index (κ3) is 11.3. The molecule has 0 aromatic carbocycles. The van der Waals surface area contributed by atoms with E-state index >= 15 is 0 Å². The first-order chi connectivity index (χ1) is 9.86. The Hall–Kier alpha value is -1.06. The molecule has 0 saturated carbocycles. The Morgan fingerprint density at radius 3 is 2.14 bits per heavy atom. The second-order valence-electron chi connectivity index (χ2n) is 6.40. The second-order valence-corrected chi connectivity index (χ2v) is 6.40. The predicted molar refractivity (Wildman–Crippen MR) is 86.0 cm³/mol. The number of unbranched alkanes of at least 4 members (excludes halogenated alkanes) is 4. The zero-order valence-electron chi connectivity index (χ0n) is 14.4. The van der Waals surface area contributed by atoms with E-state index in [9.17, 15) is 9.59 Å². The monoisotopic (exact) mass is 299 g/mol. The molecule has 124 valence electrons. The van der Waals surface area contributed by atoms with Gasteiger partial charge in [0.1, 0.15) is 6.04 Å². The van der Waals surface area contributed by atoms with Crippen LogP contribution in [0.5, 0.6) is 0 Å². The van der Waals surface area contributed by atoms with Crippen LogP contribution in [0, 0.1) is 5.92 Å². The van der Waals surface area contributed by atoms with Gasteiger partial charge in [0, 0.05) is 6.42 Å². The molecule has 0 bridgehead atoms. The van der Waals surface area contributed by atoms with E-state index in [-0.39, 0.29) is 18.0 Å². The fourth-order valence-electron chi connectivity index (χ4n) is 2.16. The number of ether oxygens (including phenoxy) is 1. The number of amides is 1. The quantitative estimate of drug-likeness (QED) is 0.466. The largest absolute Gasteiger partial charge is 0.461 e. The summed E-state index contributed by atoms with van der Waals surface area (Å²) in [5, 5.41) is 2.83. The van der Waals surface area contributed by atoms with Gasteiger partial charge in [-0.1, -0.05) is 46.5 Å². The number of carbonyl (C=O) groups excluding carboxylic acids is 2. The first-order valence-corrected chi connectivity index (χ1v) is 8.36. The molecule has 1 amide bonds. The zero-order chi connectivity index (χ0) is 16.3. The van der Waals surface area contributed by atoms with Crippen molar-refractivity contribution in [3.63, 3.8) is 0 Å². The summed E-state index contributed by atoms with van der Waals surface area (Å²) in [6, 6.07) is -0.518. The van der Waals surface area contributed by atoms with Crippen LogP contribution in [0.15, 0.2) is 0 Å². The lowest BCUT2D eigenvalue weighted by Gasteiger charge is -2.20. The number of hydrogen-bond donors (Lipinski definition) is 1. The molecular formula is C17H33NO3. The Kier molecular flexibility index (Phi) is 11.0. The van der Waals surface area contributed by atoms with Gasteiger partial charge in [-0.25, -0.2) is 4.79 Å². The summed E-state index contributed by atoms with van der Waals surface area (Å²) in [6.45, 7) is 9.88. The van der Waals surface area contributed by atoms with Gasteiger partial charge in [-0.15, -0.1) is 0 Å². The van der Waals surface area contributed by atoms with Crippen molar-refractivity contribution in [2.75, 3.05) is 0 Å². The number of rotatable bonds is 11. The van der Waals surface area contributed by atoms with Gasteiger partial charge in [0.2, 0.25) is 5.91 Å². The van der Waals surface area contributed by atoms with Crippen molar-refractivity contribution in [1.82, 2.24) is 5.32 Å². The smallest absolute Gasteiger partial charge is 0.328 e. The van der Waals surface area contributed by atoms with Gasteiger partial charge in [-0.3, -0.25) is 4.79 Å². The molecule has 4 heteroatoms. The topological polar surface area (TPSA) is 55.4 Å². The highest BCUT2D eigenvalue weighted by molar-refractivity contribution is 5.84. The van der Waals surface area contributed by atoms with Crippen molar-refractivity contribution < 1.29 is 14.3 Å². The van der Waals surface area contributed by atoms with Crippen molar-refractivity contribution in [3.05, 3.63) is 0 Å². The lowest BCUT2D eigenvalue weighted by atomic mass is 10.0. The van der Waals surface area contributed by atoms with E-state index in [1.807, 2.05) is 27.7 Å². The second kappa shape index (κ2) is 11.6. The first kappa shape index (κ1) is 19.9. The van der Waals surface area contributed by atoms with Crippen LogP contribution in [0.2, 0.25) is 0 Å². The Bertz CT molecular complexity index is 300. The molecule has 0 aliphatic rings. The van der Waals surface area contributed by atoms with Gasteiger partial charge in [0.05, 0.1) is 6.10 Å². The average Bonchev–Trinajstić information content (AvgIpc) is 2.36. The maximum Gasteiger partial charge on any atom is 0.328 e. The van der Waals surface area contributed by atoms with Crippen molar-refractivity contribution in [2.24, 2.45) is 5.92 Å². The van der Waals surface area contributed by atoms with Crippen molar-refractivity contribution >= 4 is 11.9 Å². The van der Waals surface area contributed by atoms with Gasteiger partial charge in [-0.2, -0.15) is 0 Å². The molecule has 0 unspecified atom stereocenters. The maximum atomic E-state index is 12.0. The molecule has 0 fully saturated rings. The maximum absolute atomic E-state index is 12.0. The lowest BCUT2D eigenvalue weighted by Crippen LogP contribution is -2.43. The van der Waals surface area contributed by atoms with Crippen molar-refractivity contribution in [1.29, 1.82) is 0 Å². The molecule has 0 aliphatic carbocycles. The van der Waals surface area contributed by atoms with Crippen LogP contribution < -0.4 is 5.32 Å². The van der Waals surface area contributed by atoms with Crippen LogP contribution >= 0.6 is 0 Å².